The lowest BCUT2D eigenvalue weighted by Gasteiger charge is -2.20. The van der Waals surface area contributed by atoms with Crippen LogP contribution in [0.5, 0.6) is 0 Å². The van der Waals surface area contributed by atoms with E-state index in [0.717, 1.165) is 16.1 Å². The molecule has 0 radical (unpaired) electrons. The Balaban J connectivity index is 1.66. The molecule has 1 N–H and O–H groups in total. The van der Waals surface area contributed by atoms with Crippen LogP contribution >= 0.6 is 11.3 Å². The monoisotopic (exact) mass is 397 g/mol. The molecule has 0 saturated carbocycles. The molecule has 1 fully saturated rings. The van der Waals surface area contributed by atoms with Gasteiger partial charge in [-0.05, 0) is 19.4 Å². The molecular formula is C19H22F3N3OS. The number of amides is 1. The Morgan fingerprint density at radius 1 is 1.26 bits per heavy atom. The van der Waals surface area contributed by atoms with Crippen LogP contribution in [0.4, 0.5) is 13.2 Å². The zero-order valence-corrected chi connectivity index (χ0v) is 16.0. The van der Waals surface area contributed by atoms with E-state index in [1.807, 2.05) is 44.2 Å². The van der Waals surface area contributed by atoms with Crippen LogP contribution < -0.4 is 5.32 Å². The molecule has 0 bridgehead atoms. The summed E-state index contributed by atoms with van der Waals surface area (Å²) < 4.78 is 40.5. The first-order valence-electron chi connectivity index (χ1n) is 8.77. The standard InChI is InChI=1S/C19H22F3N3OS/c1-12-13(2)27-17(24-12)8-23-18(26)15-10-25(11-16(15)19(20,21)22)9-14-6-4-3-5-7-14/h3-7,15-16H,8-11H2,1-2H3,(H,23,26)/t15-,16-/m1/s1. The molecule has 1 aliphatic heterocycles. The second-order valence-electron chi connectivity index (χ2n) is 6.90. The summed E-state index contributed by atoms with van der Waals surface area (Å²) in [5, 5.41) is 3.36. The molecule has 27 heavy (non-hydrogen) atoms. The molecule has 146 valence electrons. The Morgan fingerprint density at radius 3 is 2.56 bits per heavy atom. The largest absolute Gasteiger partial charge is 0.393 e. The van der Waals surface area contributed by atoms with Crippen molar-refractivity contribution >= 4 is 17.2 Å². The van der Waals surface area contributed by atoms with Crippen molar-refractivity contribution in [2.24, 2.45) is 11.8 Å². The lowest BCUT2D eigenvalue weighted by atomic mass is 9.94. The molecule has 4 nitrogen and oxygen atoms in total. The molecule has 1 aromatic heterocycles. The molecule has 1 aromatic carbocycles. The van der Waals surface area contributed by atoms with Gasteiger partial charge < -0.3 is 5.32 Å². The quantitative estimate of drug-likeness (QED) is 0.837. The number of hydrogen-bond donors (Lipinski definition) is 1. The average molecular weight is 397 g/mol. The lowest BCUT2D eigenvalue weighted by Crippen LogP contribution is -2.39. The Bertz CT molecular complexity index is 772. The molecule has 0 unspecified atom stereocenters. The lowest BCUT2D eigenvalue weighted by molar-refractivity contribution is -0.183. The van der Waals surface area contributed by atoms with Crippen molar-refractivity contribution in [3.05, 3.63) is 51.5 Å². The fraction of sp³-hybridized carbons (Fsp3) is 0.474. The third-order valence-corrected chi connectivity index (χ3v) is 5.96. The first-order chi connectivity index (χ1) is 12.7. The van der Waals surface area contributed by atoms with E-state index in [-0.39, 0.29) is 19.6 Å². The molecule has 1 amide bonds. The van der Waals surface area contributed by atoms with Crippen molar-refractivity contribution in [3.63, 3.8) is 0 Å². The van der Waals surface area contributed by atoms with Gasteiger partial charge >= 0.3 is 6.18 Å². The summed E-state index contributed by atoms with van der Waals surface area (Å²) in [6.07, 6.45) is -4.40. The molecule has 1 saturated heterocycles. The van der Waals surface area contributed by atoms with Gasteiger partial charge in [-0.1, -0.05) is 30.3 Å². The molecule has 2 aromatic rings. The van der Waals surface area contributed by atoms with Gasteiger partial charge in [0, 0.05) is 24.5 Å². The molecule has 8 heteroatoms. The van der Waals surface area contributed by atoms with Crippen LogP contribution in [-0.4, -0.2) is 35.1 Å². The maximum Gasteiger partial charge on any atom is 0.393 e. The van der Waals surface area contributed by atoms with Gasteiger partial charge in [-0.2, -0.15) is 13.2 Å². The Morgan fingerprint density at radius 2 is 1.96 bits per heavy atom. The van der Waals surface area contributed by atoms with E-state index in [1.54, 1.807) is 4.90 Å². The minimum Gasteiger partial charge on any atom is -0.349 e. The van der Waals surface area contributed by atoms with E-state index in [1.165, 1.54) is 11.3 Å². The SMILES string of the molecule is Cc1nc(CNC(=O)[C@@H]2CN(Cc3ccccc3)C[C@H]2C(F)(F)F)sc1C. The summed E-state index contributed by atoms with van der Waals surface area (Å²) in [6, 6.07) is 9.33. The van der Waals surface area contributed by atoms with Crippen LogP contribution in [-0.2, 0) is 17.9 Å². The molecule has 1 aliphatic rings. The van der Waals surface area contributed by atoms with Gasteiger partial charge in [0.25, 0.3) is 0 Å². The van der Waals surface area contributed by atoms with Gasteiger partial charge in [-0.25, -0.2) is 4.98 Å². The Hall–Kier alpha value is -1.93. The Kier molecular flexibility index (Phi) is 5.86. The number of carbonyl (C=O) groups excluding carboxylic acids is 1. The fourth-order valence-corrected chi connectivity index (χ4v) is 4.24. The number of benzene rings is 1. The predicted molar refractivity (Wildman–Crippen MR) is 98.2 cm³/mol. The fourth-order valence-electron chi connectivity index (χ4n) is 3.36. The maximum atomic E-state index is 13.5. The summed E-state index contributed by atoms with van der Waals surface area (Å²) in [4.78, 5) is 19.6. The van der Waals surface area contributed by atoms with E-state index in [9.17, 15) is 18.0 Å². The molecule has 0 aliphatic carbocycles. The minimum absolute atomic E-state index is 0.0980. The average Bonchev–Trinajstić information content (AvgIpc) is 3.17. The Labute approximate surface area is 160 Å². The van der Waals surface area contributed by atoms with Crippen LogP contribution in [0, 0.1) is 25.7 Å². The zero-order valence-electron chi connectivity index (χ0n) is 15.2. The van der Waals surface area contributed by atoms with E-state index in [0.29, 0.717) is 11.6 Å². The first-order valence-corrected chi connectivity index (χ1v) is 9.59. The van der Waals surface area contributed by atoms with Crippen molar-refractivity contribution in [2.75, 3.05) is 13.1 Å². The highest BCUT2D eigenvalue weighted by Gasteiger charge is 2.52. The number of aryl methyl sites for hydroxylation is 2. The number of aromatic nitrogens is 1. The molecule has 2 heterocycles. The predicted octanol–water partition coefficient (Wildman–Crippen LogP) is 3.69. The highest BCUT2D eigenvalue weighted by atomic mass is 32.1. The van der Waals surface area contributed by atoms with E-state index in [4.69, 9.17) is 0 Å². The number of likely N-dealkylation sites (tertiary alicyclic amines) is 1. The van der Waals surface area contributed by atoms with E-state index in [2.05, 4.69) is 10.3 Å². The summed E-state index contributed by atoms with van der Waals surface area (Å²) >= 11 is 1.45. The highest BCUT2D eigenvalue weighted by Crippen LogP contribution is 2.38. The summed E-state index contributed by atoms with van der Waals surface area (Å²) in [6.45, 7) is 4.30. The van der Waals surface area contributed by atoms with Gasteiger partial charge in [0.1, 0.15) is 5.01 Å². The minimum atomic E-state index is -4.40. The molecular weight excluding hydrogens is 375 g/mol. The number of nitrogens with one attached hydrogen (secondary N) is 1. The second kappa shape index (κ2) is 7.98. The van der Waals surface area contributed by atoms with Crippen molar-refractivity contribution in [1.82, 2.24) is 15.2 Å². The summed E-state index contributed by atoms with van der Waals surface area (Å²) in [7, 11) is 0. The number of nitrogens with zero attached hydrogens (tertiary/aromatic N) is 2. The van der Waals surface area contributed by atoms with Crippen molar-refractivity contribution < 1.29 is 18.0 Å². The number of hydrogen-bond acceptors (Lipinski definition) is 4. The summed E-state index contributed by atoms with van der Waals surface area (Å²) in [5.41, 5.74) is 1.82. The first kappa shape index (κ1) is 19.8. The maximum absolute atomic E-state index is 13.5. The van der Waals surface area contributed by atoms with Crippen molar-refractivity contribution in [3.8, 4) is 0 Å². The molecule has 2 atom stereocenters. The highest BCUT2D eigenvalue weighted by molar-refractivity contribution is 7.11. The smallest absolute Gasteiger partial charge is 0.349 e. The number of halogens is 3. The van der Waals surface area contributed by atoms with Crippen LogP contribution in [0.1, 0.15) is 21.1 Å². The topological polar surface area (TPSA) is 45.2 Å². The van der Waals surface area contributed by atoms with E-state index < -0.39 is 23.9 Å². The number of alkyl halides is 3. The van der Waals surface area contributed by atoms with Crippen molar-refractivity contribution in [2.45, 2.75) is 33.1 Å². The van der Waals surface area contributed by atoms with Gasteiger partial charge in [0.05, 0.1) is 24.1 Å². The van der Waals surface area contributed by atoms with Crippen LogP contribution in [0.25, 0.3) is 0 Å². The third-order valence-electron chi connectivity index (χ3n) is 4.89. The van der Waals surface area contributed by atoms with Crippen LogP contribution in [0.2, 0.25) is 0 Å². The zero-order chi connectivity index (χ0) is 19.6. The number of rotatable bonds is 5. The van der Waals surface area contributed by atoms with E-state index >= 15 is 0 Å². The normalized spacial score (nSPS) is 20.8. The molecule has 3 rings (SSSR count). The van der Waals surface area contributed by atoms with Gasteiger partial charge in [0.15, 0.2) is 0 Å². The van der Waals surface area contributed by atoms with Gasteiger partial charge in [0.2, 0.25) is 5.91 Å². The van der Waals surface area contributed by atoms with Crippen LogP contribution in [0.3, 0.4) is 0 Å². The van der Waals surface area contributed by atoms with Gasteiger partial charge in [-0.3, -0.25) is 9.69 Å². The van der Waals surface area contributed by atoms with Gasteiger partial charge in [-0.15, -0.1) is 11.3 Å². The number of thiazole rings is 1. The molecule has 0 spiro atoms. The second-order valence-corrected chi connectivity index (χ2v) is 8.19. The summed E-state index contributed by atoms with van der Waals surface area (Å²) in [5.74, 6) is -3.31. The number of carbonyl (C=O) groups is 1. The third kappa shape index (κ3) is 4.87. The van der Waals surface area contributed by atoms with Crippen molar-refractivity contribution in [1.29, 1.82) is 0 Å². The van der Waals surface area contributed by atoms with Crippen LogP contribution in [0.15, 0.2) is 30.3 Å².